The smallest absolute Gasteiger partial charge is 0.323 e. The maximum atomic E-state index is 11.2. The largest absolute Gasteiger partial charge is 0.480 e. The van der Waals surface area contributed by atoms with Crippen LogP contribution in [0.5, 0.6) is 0 Å². The molecule has 5 heteroatoms. The first-order chi connectivity index (χ1) is 10.0. The molecule has 1 aliphatic rings. The van der Waals surface area contributed by atoms with E-state index in [1.54, 1.807) is 7.05 Å². The number of nitrogens with one attached hydrogen (secondary N) is 1. The molecule has 1 aliphatic heterocycles. The van der Waals surface area contributed by atoms with Crippen molar-refractivity contribution in [2.45, 2.75) is 44.8 Å². The van der Waals surface area contributed by atoms with Gasteiger partial charge in [0.2, 0.25) is 0 Å². The number of carboxylic acids is 1. The van der Waals surface area contributed by atoms with Crippen molar-refractivity contribution in [3.05, 3.63) is 35.9 Å². The van der Waals surface area contributed by atoms with E-state index in [0.29, 0.717) is 6.42 Å². The lowest BCUT2D eigenvalue weighted by atomic mass is 9.97. The van der Waals surface area contributed by atoms with Crippen LogP contribution in [0.4, 0.5) is 0 Å². The van der Waals surface area contributed by atoms with Gasteiger partial charge in [0.25, 0.3) is 0 Å². The van der Waals surface area contributed by atoms with Crippen molar-refractivity contribution in [1.82, 2.24) is 5.32 Å². The summed E-state index contributed by atoms with van der Waals surface area (Å²) in [6, 6.07) is 9.21. The Hall–Kier alpha value is -1.43. The fourth-order valence-electron chi connectivity index (χ4n) is 2.76. The summed E-state index contributed by atoms with van der Waals surface area (Å²) in [5.74, 6) is -0.766. The van der Waals surface area contributed by atoms with Gasteiger partial charge in [0.15, 0.2) is 6.29 Å². The van der Waals surface area contributed by atoms with Crippen molar-refractivity contribution in [1.29, 1.82) is 0 Å². The van der Waals surface area contributed by atoms with Crippen LogP contribution in [-0.2, 0) is 14.3 Å². The Morgan fingerprint density at radius 3 is 2.67 bits per heavy atom. The molecule has 1 saturated heterocycles. The van der Waals surface area contributed by atoms with E-state index in [1.807, 2.05) is 44.2 Å². The van der Waals surface area contributed by atoms with Gasteiger partial charge < -0.3 is 19.9 Å². The van der Waals surface area contributed by atoms with Gasteiger partial charge in [-0.15, -0.1) is 0 Å². The average Bonchev–Trinajstić information content (AvgIpc) is 2.81. The molecule has 0 aliphatic carbocycles. The SMILES string of the molecule is CNC(C(=O)O)[C@@H]1OC(O[C@H](C)c2ccccc2)C[C@H]1C. The van der Waals surface area contributed by atoms with E-state index in [0.717, 1.165) is 5.56 Å². The van der Waals surface area contributed by atoms with Crippen LogP contribution in [0.3, 0.4) is 0 Å². The second-order valence-corrected chi connectivity index (χ2v) is 5.54. The van der Waals surface area contributed by atoms with E-state index < -0.39 is 12.0 Å². The van der Waals surface area contributed by atoms with Gasteiger partial charge in [-0.1, -0.05) is 37.3 Å². The van der Waals surface area contributed by atoms with Gasteiger partial charge in [0, 0.05) is 6.42 Å². The number of ether oxygens (including phenoxy) is 2. The number of carboxylic acid groups (broad SMARTS) is 1. The van der Waals surface area contributed by atoms with Crippen LogP contribution >= 0.6 is 0 Å². The van der Waals surface area contributed by atoms with Gasteiger partial charge >= 0.3 is 5.97 Å². The van der Waals surface area contributed by atoms with Gasteiger partial charge in [0.05, 0.1) is 12.2 Å². The Labute approximate surface area is 125 Å². The zero-order chi connectivity index (χ0) is 15.4. The molecule has 2 rings (SSSR count). The molecule has 2 unspecified atom stereocenters. The Balaban J connectivity index is 1.96. The molecule has 0 amide bonds. The molecule has 0 bridgehead atoms. The van der Waals surface area contributed by atoms with Gasteiger partial charge in [-0.25, -0.2) is 0 Å². The molecule has 1 aromatic carbocycles. The third-order valence-corrected chi connectivity index (χ3v) is 3.96. The van der Waals surface area contributed by atoms with Crippen LogP contribution in [0.25, 0.3) is 0 Å². The first-order valence-corrected chi connectivity index (χ1v) is 7.29. The van der Waals surface area contributed by atoms with Gasteiger partial charge in [-0.3, -0.25) is 4.79 Å². The van der Waals surface area contributed by atoms with Crippen molar-refractivity contribution in [2.75, 3.05) is 7.05 Å². The van der Waals surface area contributed by atoms with E-state index in [-0.39, 0.29) is 24.4 Å². The minimum absolute atomic E-state index is 0.0833. The molecule has 0 aromatic heterocycles. The van der Waals surface area contributed by atoms with Crippen molar-refractivity contribution in [2.24, 2.45) is 5.92 Å². The quantitative estimate of drug-likeness (QED) is 0.841. The second kappa shape index (κ2) is 7.02. The van der Waals surface area contributed by atoms with Crippen LogP contribution in [0.1, 0.15) is 31.9 Å². The van der Waals surface area contributed by atoms with E-state index >= 15 is 0 Å². The highest BCUT2D eigenvalue weighted by molar-refractivity contribution is 5.74. The fourth-order valence-corrected chi connectivity index (χ4v) is 2.76. The highest BCUT2D eigenvalue weighted by Crippen LogP contribution is 2.32. The Bertz CT molecular complexity index is 465. The van der Waals surface area contributed by atoms with Crippen LogP contribution in [-0.4, -0.2) is 36.6 Å². The molecule has 0 radical (unpaired) electrons. The van der Waals surface area contributed by atoms with Gasteiger partial charge in [-0.05, 0) is 25.5 Å². The highest BCUT2D eigenvalue weighted by atomic mass is 16.7. The molecule has 1 heterocycles. The number of hydrogen-bond acceptors (Lipinski definition) is 4. The van der Waals surface area contributed by atoms with E-state index in [4.69, 9.17) is 9.47 Å². The van der Waals surface area contributed by atoms with Crippen molar-refractivity contribution in [3.8, 4) is 0 Å². The van der Waals surface area contributed by atoms with Gasteiger partial charge in [0.1, 0.15) is 6.04 Å². The summed E-state index contributed by atoms with van der Waals surface area (Å²) in [5, 5.41) is 12.0. The lowest BCUT2D eigenvalue weighted by molar-refractivity contribution is -0.171. The zero-order valence-corrected chi connectivity index (χ0v) is 12.7. The van der Waals surface area contributed by atoms with Crippen LogP contribution in [0.2, 0.25) is 0 Å². The van der Waals surface area contributed by atoms with E-state index in [9.17, 15) is 9.90 Å². The number of aliphatic carboxylic acids is 1. The lowest BCUT2D eigenvalue weighted by Crippen LogP contribution is -2.46. The van der Waals surface area contributed by atoms with Gasteiger partial charge in [-0.2, -0.15) is 0 Å². The summed E-state index contributed by atoms with van der Waals surface area (Å²) < 4.78 is 11.7. The summed E-state index contributed by atoms with van der Waals surface area (Å²) >= 11 is 0. The molecular formula is C16H23NO4. The maximum Gasteiger partial charge on any atom is 0.323 e. The van der Waals surface area contributed by atoms with E-state index in [2.05, 4.69) is 5.32 Å². The molecule has 1 fully saturated rings. The summed E-state index contributed by atoms with van der Waals surface area (Å²) in [4.78, 5) is 11.2. The summed E-state index contributed by atoms with van der Waals surface area (Å²) in [5.41, 5.74) is 1.08. The zero-order valence-electron chi connectivity index (χ0n) is 12.7. The number of likely N-dealkylation sites (N-methyl/N-ethyl adjacent to an activating group) is 1. The Kier molecular flexibility index (Phi) is 5.33. The minimum atomic E-state index is -0.897. The topological polar surface area (TPSA) is 67.8 Å². The predicted molar refractivity (Wildman–Crippen MR) is 78.9 cm³/mol. The molecule has 0 spiro atoms. The normalized spacial score (nSPS) is 28.2. The summed E-state index contributed by atoms with van der Waals surface area (Å²) in [7, 11) is 1.63. The molecular weight excluding hydrogens is 270 g/mol. The van der Waals surface area contributed by atoms with E-state index in [1.165, 1.54) is 0 Å². The van der Waals surface area contributed by atoms with Crippen LogP contribution in [0, 0.1) is 5.92 Å². The maximum absolute atomic E-state index is 11.2. The number of benzene rings is 1. The summed E-state index contributed by atoms with van der Waals surface area (Å²) in [6.07, 6.45) is -0.122. The fraction of sp³-hybridized carbons (Fsp3) is 0.562. The minimum Gasteiger partial charge on any atom is -0.480 e. The Morgan fingerprint density at radius 1 is 1.43 bits per heavy atom. The van der Waals surface area contributed by atoms with Crippen molar-refractivity contribution in [3.63, 3.8) is 0 Å². The standard InChI is InChI=1S/C16H23NO4/c1-10-9-13(21-15(10)14(17-3)16(18)19)20-11(2)12-7-5-4-6-8-12/h4-8,10-11,13-15,17H,9H2,1-3H3,(H,18,19)/t10-,11-,13?,14?,15-/m1/s1. The molecule has 1 aromatic rings. The lowest BCUT2D eigenvalue weighted by Gasteiger charge is -2.23. The molecule has 2 N–H and O–H groups in total. The molecule has 0 saturated carbocycles. The van der Waals surface area contributed by atoms with Crippen LogP contribution < -0.4 is 5.32 Å². The van der Waals surface area contributed by atoms with Crippen LogP contribution in [0.15, 0.2) is 30.3 Å². The third kappa shape index (κ3) is 3.81. The first-order valence-electron chi connectivity index (χ1n) is 7.29. The van der Waals surface area contributed by atoms with Crippen molar-refractivity contribution < 1.29 is 19.4 Å². The highest BCUT2D eigenvalue weighted by Gasteiger charge is 2.41. The molecule has 116 valence electrons. The second-order valence-electron chi connectivity index (χ2n) is 5.54. The molecule has 21 heavy (non-hydrogen) atoms. The Morgan fingerprint density at radius 2 is 2.10 bits per heavy atom. The molecule has 5 atom stereocenters. The molecule has 5 nitrogen and oxygen atoms in total. The predicted octanol–water partition coefficient (Wildman–Crippen LogP) is 2.19. The summed E-state index contributed by atoms with van der Waals surface area (Å²) in [6.45, 7) is 3.97. The monoisotopic (exact) mass is 293 g/mol. The first kappa shape index (κ1) is 15.9. The number of carbonyl (C=O) groups is 1. The number of hydrogen-bond donors (Lipinski definition) is 2. The number of rotatable bonds is 6. The van der Waals surface area contributed by atoms with Crippen molar-refractivity contribution >= 4 is 5.97 Å². The third-order valence-electron chi connectivity index (χ3n) is 3.96. The average molecular weight is 293 g/mol.